The van der Waals surface area contributed by atoms with Crippen LogP contribution in [0.1, 0.15) is 19.6 Å². The van der Waals surface area contributed by atoms with Crippen LogP contribution in [0.5, 0.6) is 0 Å². The Morgan fingerprint density at radius 1 is 1.67 bits per heavy atom. The summed E-state index contributed by atoms with van der Waals surface area (Å²) >= 11 is 0. The van der Waals surface area contributed by atoms with Crippen LogP contribution in [0.25, 0.3) is 11.2 Å². The molecule has 3 rings (SSSR count). The summed E-state index contributed by atoms with van der Waals surface area (Å²) in [5.41, 5.74) is 0.113. The molecular weight excluding hydrogens is 278 g/mol. The Labute approximate surface area is 118 Å². The Hall–Kier alpha value is -2.10. The first-order valence-electron chi connectivity index (χ1n) is 6.54. The molecule has 3 N–H and O–H groups in total. The second-order valence-corrected chi connectivity index (χ2v) is 4.72. The second kappa shape index (κ2) is 5.35. The molecule has 3 atom stereocenters. The number of hydrogen-bond donors (Lipinski definition) is 3. The molecule has 0 amide bonds. The highest BCUT2D eigenvalue weighted by molar-refractivity contribution is 5.71. The number of imidazole rings is 1. The van der Waals surface area contributed by atoms with Gasteiger partial charge in [0.05, 0.1) is 19.0 Å². The van der Waals surface area contributed by atoms with E-state index in [0.29, 0.717) is 5.65 Å². The van der Waals surface area contributed by atoms with E-state index in [4.69, 9.17) is 9.84 Å². The third kappa shape index (κ3) is 2.35. The zero-order valence-electron chi connectivity index (χ0n) is 11.3. The highest BCUT2D eigenvalue weighted by Gasteiger charge is 2.35. The van der Waals surface area contributed by atoms with Crippen LogP contribution in [0.15, 0.2) is 16.1 Å². The van der Waals surface area contributed by atoms with Crippen molar-refractivity contribution >= 4 is 23.3 Å². The van der Waals surface area contributed by atoms with Crippen molar-refractivity contribution in [2.24, 2.45) is 4.99 Å². The normalized spacial score (nSPS) is 26.1. The smallest absolute Gasteiger partial charge is 0.280 e. The van der Waals surface area contributed by atoms with Gasteiger partial charge in [0.2, 0.25) is 5.95 Å². The van der Waals surface area contributed by atoms with Crippen molar-refractivity contribution in [2.75, 3.05) is 6.61 Å². The molecule has 9 heteroatoms. The van der Waals surface area contributed by atoms with Crippen LogP contribution in [-0.2, 0) is 4.74 Å². The van der Waals surface area contributed by atoms with Gasteiger partial charge < -0.3 is 14.9 Å². The Morgan fingerprint density at radius 3 is 3.14 bits per heavy atom. The average molecular weight is 293 g/mol. The number of aromatic amines is 1. The molecule has 0 radical (unpaired) electrons. The van der Waals surface area contributed by atoms with E-state index >= 15 is 0 Å². The number of nitrogens with zero attached hydrogens (tertiary/aromatic N) is 4. The number of hydrogen-bond acceptors (Lipinski definition) is 7. The molecule has 3 heterocycles. The molecule has 1 saturated heterocycles. The van der Waals surface area contributed by atoms with Crippen molar-refractivity contribution in [3.8, 4) is 0 Å². The summed E-state index contributed by atoms with van der Waals surface area (Å²) in [5, 5.41) is 18.9. The highest BCUT2D eigenvalue weighted by Crippen LogP contribution is 2.30. The summed E-state index contributed by atoms with van der Waals surface area (Å²) in [5.74, 6) is 0.175. The average Bonchev–Trinajstić information content (AvgIpc) is 3.02. The first-order chi connectivity index (χ1) is 10.1. The quantitative estimate of drug-likeness (QED) is 0.654. The molecule has 0 unspecified atom stereocenters. The molecule has 9 nitrogen and oxygen atoms in total. The topological polar surface area (TPSA) is 126 Å². The number of nitrogens with one attached hydrogen (secondary N) is 1. The van der Waals surface area contributed by atoms with Gasteiger partial charge in [-0.1, -0.05) is 0 Å². The maximum atomic E-state index is 11.9. The number of fused-ring (bicyclic) bond motifs is 1. The summed E-state index contributed by atoms with van der Waals surface area (Å²) in [6, 6.07) is 0. The molecule has 1 aliphatic rings. The zero-order valence-corrected chi connectivity index (χ0v) is 11.3. The molecule has 2 aromatic rings. The van der Waals surface area contributed by atoms with Gasteiger partial charge in [0.25, 0.3) is 5.56 Å². The first-order valence-corrected chi connectivity index (χ1v) is 6.54. The molecule has 112 valence electrons. The van der Waals surface area contributed by atoms with Gasteiger partial charge in [-0.05, 0) is 6.92 Å². The highest BCUT2D eigenvalue weighted by atomic mass is 16.5. The minimum Gasteiger partial charge on any atom is -0.394 e. The number of ether oxygens (including phenoxy) is 1. The Kier molecular flexibility index (Phi) is 3.53. The molecule has 1 aliphatic heterocycles. The SMILES string of the molecule is C/C=N/c1nc2c(ncn2[C@H]2C[C@H](O)[C@@H](CO)O2)c(=O)[nH]1. The van der Waals surface area contributed by atoms with Crippen LogP contribution in [0.4, 0.5) is 5.95 Å². The molecule has 0 bridgehead atoms. The van der Waals surface area contributed by atoms with Gasteiger partial charge in [-0.15, -0.1) is 0 Å². The van der Waals surface area contributed by atoms with E-state index < -0.39 is 24.0 Å². The van der Waals surface area contributed by atoms with Crippen LogP contribution in [0.3, 0.4) is 0 Å². The summed E-state index contributed by atoms with van der Waals surface area (Å²) in [7, 11) is 0. The van der Waals surface area contributed by atoms with Crippen LogP contribution in [0, 0.1) is 0 Å². The second-order valence-electron chi connectivity index (χ2n) is 4.72. The standard InChI is InChI=1S/C12H15N5O4/c1-2-13-12-15-10-9(11(20)16-12)14-5-17(10)8-3-6(19)7(4-18)21-8/h2,5-8,18-19H,3-4H2,1H3,(H,15,16,20)/b13-2+/t6-,7+,8+/m0/s1. The lowest BCUT2D eigenvalue weighted by Gasteiger charge is -2.13. The van der Waals surface area contributed by atoms with Crippen molar-refractivity contribution < 1.29 is 14.9 Å². The molecule has 0 aliphatic carbocycles. The monoisotopic (exact) mass is 293 g/mol. The molecule has 1 fully saturated rings. The van der Waals surface area contributed by atoms with Crippen molar-refractivity contribution in [1.29, 1.82) is 0 Å². The maximum absolute atomic E-state index is 11.9. The molecule has 0 aromatic carbocycles. The molecular formula is C12H15N5O4. The predicted octanol–water partition coefficient (Wildman–Crippen LogP) is -0.518. The molecule has 2 aromatic heterocycles. The lowest BCUT2D eigenvalue weighted by atomic mass is 10.2. The van der Waals surface area contributed by atoms with Crippen molar-refractivity contribution in [3.63, 3.8) is 0 Å². The predicted molar refractivity (Wildman–Crippen MR) is 73.6 cm³/mol. The third-order valence-electron chi connectivity index (χ3n) is 3.37. The number of aliphatic imine (C=N–C) groups is 1. The van der Waals surface area contributed by atoms with Gasteiger partial charge in [0.1, 0.15) is 12.3 Å². The Morgan fingerprint density at radius 2 is 2.48 bits per heavy atom. The first kappa shape index (κ1) is 13.9. The van der Waals surface area contributed by atoms with E-state index in [0.717, 1.165) is 0 Å². The molecule has 0 saturated carbocycles. The number of aliphatic hydroxyl groups excluding tert-OH is 2. The Balaban J connectivity index is 2.06. The maximum Gasteiger partial charge on any atom is 0.280 e. The van der Waals surface area contributed by atoms with Gasteiger partial charge in [-0.3, -0.25) is 14.3 Å². The van der Waals surface area contributed by atoms with Crippen LogP contribution < -0.4 is 5.56 Å². The van der Waals surface area contributed by atoms with Gasteiger partial charge >= 0.3 is 0 Å². The molecule has 0 spiro atoms. The van der Waals surface area contributed by atoms with E-state index in [-0.39, 0.29) is 24.5 Å². The van der Waals surface area contributed by atoms with E-state index in [1.54, 1.807) is 11.5 Å². The Bertz CT molecular complexity index is 737. The van der Waals surface area contributed by atoms with Gasteiger partial charge in [0.15, 0.2) is 11.2 Å². The fraction of sp³-hybridized carbons (Fsp3) is 0.500. The van der Waals surface area contributed by atoms with E-state index in [9.17, 15) is 9.90 Å². The number of aromatic nitrogens is 4. The van der Waals surface area contributed by atoms with Gasteiger partial charge in [-0.2, -0.15) is 4.98 Å². The summed E-state index contributed by atoms with van der Waals surface area (Å²) < 4.78 is 7.11. The lowest BCUT2D eigenvalue weighted by Crippen LogP contribution is -2.24. The summed E-state index contributed by atoms with van der Waals surface area (Å²) in [6.45, 7) is 1.44. The van der Waals surface area contributed by atoms with Gasteiger partial charge in [-0.25, -0.2) is 9.98 Å². The summed E-state index contributed by atoms with van der Waals surface area (Å²) in [6.07, 6.45) is 1.29. The number of H-pyrrole nitrogens is 1. The van der Waals surface area contributed by atoms with E-state index in [1.165, 1.54) is 12.5 Å². The molecule has 21 heavy (non-hydrogen) atoms. The van der Waals surface area contributed by atoms with E-state index in [2.05, 4.69) is 19.9 Å². The van der Waals surface area contributed by atoms with Gasteiger partial charge in [0, 0.05) is 12.6 Å². The number of aliphatic hydroxyl groups is 2. The van der Waals surface area contributed by atoms with Crippen LogP contribution in [-0.4, -0.2) is 54.8 Å². The fourth-order valence-corrected chi connectivity index (χ4v) is 2.36. The fourth-order valence-electron chi connectivity index (χ4n) is 2.36. The third-order valence-corrected chi connectivity index (χ3v) is 3.37. The minimum atomic E-state index is -0.771. The lowest BCUT2D eigenvalue weighted by molar-refractivity contribution is -0.0432. The van der Waals surface area contributed by atoms with Crippen molar-refractivity contribution in [1.82, 2.24) is 19.5 Å². The summed E-state index contributed by atoms with van der Waals surface area (Å²) in [4.78, 5) is 26.6. The number of rotatable bonds is 3. The van der Waals surface area contributed by atoms with Crippen LogP contribution >= 0.6 is 0 Å². The largest absolute Gasteiger partial charge is 0.394 e. The zero-order chi connectivity index (χ0) is 15.0. The van der Waals surface area contributed by atoms with Crippen molar-refractivity contribution in [2.45, 2.75) is 31.8 Å². The van der Waals surface area contributed by atoms with E-state index in [1.807, 2.05) is 0 Å². The van der Waals surface area contributed by atoms with Crippen molar-refractivity contribution in [3.05, 3.63) is 16.7 Å². The minimum absolute atomic E-state index is 0.175. The van der Waals surface area contributed by atoms with Crippen LogP contribution in [0.2, 0.25) is 0 Å².